The number of fused-ring (bicyclic) bond motifs is 2. The second-order valence-electron chi connectivity index (χ2n) is 2.91. The van der Waals surface area contributed by atoms with Crippen molar-refractivity contribution < 1.29 is 0 Å². The molecule has 1 unspecified atom stereocenters. The first-order chi connectivity index (χ1) is 4.45. The summed E-state index contributed by atoms with van der Waals surface area (Å²) in [5, 5.41) is 0. The molecule has 2 bridgehead atoms. The number of hydrogen-bond donors (Lipinski definition) is 0. The van der Waals surface area contributed by atoms with Crippen LogP contribution < -0.4 is 0 Å². The van der Waals surface area contributed by atoms with E-state index in [0.717, 1.165) is 5.92 Å². The molecule has 0 amide bonds. The standard InChI is InChI=1S/C8H12N/c1-3-8-4-2-6-9(5-1)7-8/h1,5,7-8H,2-4,6H2. The Bertz CT molecular complexity index is 129. The Morgan fingerprint density at radius 2 is 2.44 bits per heavy atom. The topological polar surface area (TPSA) is 3.24 Å². The minimum atomic E-state index is 0.865. The van der Waals surface area contributed by atoms with Gasteiger partial charge in [0.05, 0.1) is 6.54 Å². The Labute approximate surface area is 56.4 Å². The number of rotatable bonds is 0. The highest BCUT2D eigenvalue weighted by Gasteiger charge is 2.19. The first kappa shape index (κ1) is 5.33. The quantitative estimate of drug-likeness (QED) is 0.473. The molecule has 2 aliphatic heterocycles. The summed E-state index contributed by atoms with van der Waals surface area (Å²) in [4.78, 5) is 2.32. The van der Waals surface area contributed by atoms with E-state index in [-0.39, 0.29) is 0 Å². The molecule has 0 saturated carbocycles. The van der Waals surface area contributed by atoms with Crippen LogP contribution in [0.25, 0.3) is 0 Å². The first-order valence-electron chi connectivity index (χ1n) is 3.72. The van der Waals surface area contributed by atoms with Gasteiger partial charge in [-0.25, -0.2) is 0 Å². The van der Waals surface area contributed by atoms with Crippen LogP contribution in [0.5, 0.6) is 0 Å². The van der Waals surface area contributed by atoms with Crippen molar-refractivity contribution in [2.45, 2.75) is 19.3 Å². The van der Waals surface area contributed by atoms with Gasteiger partial charge < -0.3 is 4.90 Å². The van der Waals surface area contributed by atoms with Gasteiger partial charge in [-0.1, -0.05) is 6.08 Å². The average molecular weight is 122 g/mol. The van der Waals surface area contributed by atoms with E-state index in [4.69, 9.17) is 0 Å². The molecule has 1 heteroatoms. The van der Waals surface area contributed by atoms with Gasteiger partial charge in [0.1, 0.15) is 0 Å². The maximum Gasteiger partial charge on any atom is 0.0521 e. The van der Waals surface area contributed by atoms with Gasteiger partial charge in [-0.15, -0.1) is 0 Å². The summed E-state index contributed by atoms with van der Waals surface area (Å²) in [5.41, 5.74) is 0. The van der Waals surface area contributed by atoms with Gasteiger partial charge in [0, 0.05) is 6.54 Å². The van der Waals surface area contributed by atoms with Crippen molar-refractivity contribution in [2.75, 3.05) is 6.54 Å². The van der Waals surface area contributed by atoms with E-state index in [1.54, 1.807) is 0 Å². The Morgan fingerprint density at radius 3 is 3.22 bits per heavy atom. The summed E-state index contributed by atoms with van der Waals surface area (Å²) >= 11 is 0. The molecule has 1 saturated heterocycles. The zero-order valence-electron chi connectivity index (χ0n) is 5.59. The maximum absolute atomic E-state index is 2.36. The SMILES string of the molecule is [CH]1C2CC=CN1CCC2. The Hall–Kier alpha value is -0.460. The van der Waals surface area contributed by atoms with E-state index in [1.807, 2.05) is 0 Å². The second kappa shape index (κ2) is 2.05. The lowest BCUT2D eigenvalue weighted by Gasteiger charge is -2.33. The number of piperidine rings is 1. The molecule has 49 valence electrons. The van der Waals surface area contributed by atoms with Gasteiger partial charge >= 0.3 is 0 Å². The van der Waals surface area contributed by atoms with Crippen LogP contribution in [0.1, 0.15) is 19.3 Å². The van der Waals surface area contributed by atoms with Crippen molar-refractivity contribution in [3.05, 3.63) is 18.8 Å². The van der Waals surface area contributed by atoms with Crippen LogP contribution >= 0.6 is 0 Å². The highest BCUT2D eigenvalue weighted by molar-refractivity contribution is 5.00. The predicted molar refractivity (Wildman–Crippen MR) is 37.5 cm³/mol. The van der Waals surface area contributed by atoms with Crippen molar-refractivity contribution in [3.8, 4) is 0 Å². The Kier molecular flexibility index (Phi) is 1.22. The molecule has 1 radical (unpaired) electrons. The van der Waals surface area contributed by atoms with Crippen LogP contribution in [-0.4, -0.2) is 11.4 Å². The third kappa shape index (κ3) is 0.958. The number of nitrogens with zero attached hydrogens (tertiary/aromatic N) is 1. The van der Waals surface area contributed by atoms with Crippen molar-refractivity contribution >= 4 is 0 Å². The fourth-order valence-corrected chi connectivity index (χ4v) is 1.63. The van der Waals surface area contributed by atoms with Crippen LogP contribution in [0.2, 0.25) is 0 Å². The van der Waals surface area contributed by atoms with Crippen molar-refractivity contribution in [1.82, 2.24) is 4.90 Å². The smallest absolute Gasteiger partial charge is 0.0521 e. The molecule has 1 nitrogen and oxygen atoms in total. The van der Waals surface area contributed by atoms with Gasteiger partial charge in [-0.2, -0.15) is 0 Å². The first-order valence-corrected chi connectivity index (χ1v) is 3.72. The van der Waals surface area contributed by atoms with Crippen LogP contribution in [0.4, 0.5) is 0 Å². The number of allylic oxidation sites excluding steroid dienone is 1. The van der Waals surface area contributed by atoms with Gasteiger partial charge in [0.2, 0.25) is 0 Å². The summed E-state index contributed by atoms with van der Waals surface area (Å²) in [6, 6.07) is 0. The normalized spacial score (nSPS) is 32.9. The van der Waals surface area contributed by atoms with Gasteiger partial charge in [-0.05, 0) is 31.4 Å². The lowest BCUT2D eigenvalue weighted by molar-refractivity contribution is 0.280. The highest BCUT2D eigenvalue weighted by Crippen LogP contribution is 2.27. The lowest BCUT2D eigenvalue weighted by Crippen LogP contribution is -2.28. The van der Waals surface area contributed by atoms with E-state index in [0.29, 0.717) is 0 Å². The fraction of sp³-hybridized carbons (Fsp3) is 0.625. The Morgan fingerprint density at radius 1 is 1.44 bits per heavy atom. The molecular weight excluding hydrogens is 110 g/mol. The zero-order valence-corrected chi connectivity index (χ0v) is 5.59. The maximum atomic E-state index is 2.36. The van der Waals surface area contributed by atoms with E-state index >= 15 is 0 Å². The van der Waals surface area contributed by atoms with Gasteiger partial charge in [0.15, 0.2) is 0 Å². The molecule has 0 aromatic rings. The molecule has 0 aliphatic carbocycles. The molecule has 0 aromatic heterocycles. The summed E-state index contributed by atoms with van der Waals surface area (Å²) < 4.78 is 0. The van der Waals surface area contributed by atoms with Crippen molar-refractivity contribution in [3.63, 3.8) is 0 Å². The van der Waals surface area contributed by atoms with Crippen LogP contribution in [0.15, 0.2) is 12.3 Å². The predicted octanol–water partition coefficient (Wildman–Crippen LogP) is 1.78. The molecule has 1 fully saturated rings. The summed E-state index contributed by atoms with van der Waals surface area (Å²) in [6.45, 7) is 3.61. The van der Waals surface area contributed by atoms with Crippen molar-refractivity contribution in [1.29, 1.82) is 0 Å². The highest BCUT2D eigenvalue weighted by atomic mass is 15.1. The molecule has 1 atom stereocenters. The fourth-order valence-electron chi connectivity index (χ4n) is 1.63. The van der Waals surface area contributed by atoms with Crippen LogP contribution in [0, 0.1) is 12.5 Å². The van der Waals surface area contributed by atoms with Gasteiger partial charge in [-0.3, -0.25) is 0 Å². The molecule has 0 aromatic carbocycles. The number of hydrogen-bond acceptors (Lipinski definition) is 1. The molecule has 2 aliphatic rings. The van der Waals surface area contributed by atoms with Crippen LogP contribution in [-0.2, 0) is 0 Å². The molecule has 0 N–H and O–H groups in total. The molecule has 9 heavy (non-hydrogen) atoms. The molecule has 2 heterocycles. The Balaban J connectivity index is 2.09. The molecular formula is C8H12N. The third-order valence-corrected chi connectivity index (χ3v) is 2.13. The van der Waals surface area contributed by atoms with Crippen molar-refractivity contribution in [2.24, 2.45) is 5.92 Å². The van der Waals surface area contributed by atoms with E-state index in [2.05, 4.69) is 23.7 Å². The van der Waals surface area contributed by atoms with Gasteiger partial charge in [0.25, 0.3) is 0 Å². The summed E-state index contributed by atoms with van der Waals surface area (Å²) in [6.07, 6.45) is 8.54. The third-order valence-electron chi connectivity index (χ3n) is 2.13. The van der Waals surface area contributed by atoms with E-state index in [9.17, 15) is 0 Å². The minimum absolute atomic E-state index is 0.865. The zero-order chi connectivity index (χ0) is 6.10. The average Bonchev–Trinajstić information content (AvgIpc) is 1.88. The van der Waals surface area contributed by atoms with E-state index < -0.39 is 0 Å². The minimum Gasteiger partial charge on any atom is -0.372 e. The molecule has 2 rings (SSSR count). The van der Waals surface area contributed by atoms with E-state index in [1.165, 1.54) is 25.8 Å². The second-order valence-corrected chi connectivity index (χ2v) is 2.91. The summed E-state index contributed by atoms with van der Waals surface area (Å²) in [7, 11) is 0. The lowest BCUT2D eigenvalue weighted by atomic mass is 9.93. The summed E-state index contributed by atoms with van der Waals surface area (Å²) in [5.74, 6) is 0.865. The largest absolute Gasteiger partial charge is 0.372 e. The molecule has 0 spiro atoms. The monoisotopic (exact) mass is 122 g/mol. The van der Waals surface area contributed by atoms with Crippen LogP contribution in [0.3, 0.4) is 0 Å².